The van der Waals surface area contributed by atoms with Gasteiger partial charge in [-0.2, -0.15) is 0 Å². The average Bonchev–Trinajstić information content (AvgIpc) is 2.88. The fourth-order valence-electron chi connectivity index (χ4n) is 2.24. The third-order valence-electron chi connectivity index (χ3n) is 3.18. The number of carbonyl (C=O) groups is 1. The lowest BCUT2D eigenvalue weighted by atomic mass is 10.0. The minimum absolute atomic E-state index is 0.0715. The third-order valence-corrected chi connectivity index (χ3v) is 3.18. The van der Waals surface area contributed by atoms with Crippen LogP contribution < -0.4 is 5.32 Å². The summed E-state index contributed by atoms with van der Waals surface area (Å²) < 4.78 is 36.5. The Bertz CT molecular complexity index is 481. The summed E-state index contributed by atoms with van der Waals surface area (Å²) in [5.74, 6) is -2.13. The van der Waals surface area contributed by atoms with Crippen LogP contribution in [0.4, 0.5) is 8.78 Å². The smallest absolute Gasteiger partial charge is 0.319 e. The number of hydrogen-bond acceptors (Lipinski definition) is 4. The molecule has 1 heterocycles. The van der Waals surface area contributed by atoms with Gasteiger partial charge in [0.05, 0.1) is 19.3 Å². The zero-order valence-corrected chi connectivity index (χ0v) is 11.2. The maximum atomic E-state index is 13.2. The molecule has 1 fully saturated rings. The molecular weight excluding hydrogens is 268 g/mol. The van der Waals surface area contributed by atoms with Gasteiger partial charge in [-0.25, -0.2) is 8.78 Å². The lowest BCUT2D eigenvalue weighted by Gasteiger charge is -2.20. The second kappa shape index (κ2) is 6.76. The standard InChI is InChI=1S/C14H17F2NO3/c1-2-19-13(18)8-17-12-5-6-20-14(12)9-3-4-10(15)11(16)7-9/h3-4,7,12,14,17H,2,5-6,8H2,1H3/t12-,14+/m1/s1. The van der Waals surface area contributed by atoms with E-state index >= 15 is 0 Å². The van der Waals surface area contributed by atoms with Crippen molar-refractivity contribution in [3.8, 4) is 0 Å². The van der Waals surface area contributed by atoms with Gasteiger partial charge in [-0.3, -0.25) is 4.79 Å². The molecule has 1 aliphatic rings. The number of nitrogens with one attached hydrogen (secondary N) is 1. The van der Waals surface area contributed by atoms with Crippen LogP contribution in [0.25, 0.3) is 0 Å². The second-order valence-electron chi connectivity index (χ2n) is 4.55. The predicted molar refractivity (Wildman–Crippen MR) is 68.1 cm³/mol. The van der Waals surface area contributed by atoms with E-state index < -0.39 is 11.6 Å². The Morgan fingerprint density at radius 3 is 2.95 bits per heavy atom. The molecule has 1 aromatic carbocycles. The minimum atomic E-state index is -0.901. The Morgan fingerprint density at radius 2 is 2.25 bits per heavy atom. The number of ether oxygens (including phenoxy) is 2. The summed E-state index contributed by atoms with van der Waals surface area (Å²) in [6.45, 7) is 2.64. The van der Waals surface area contributed by atoms with E-state index in [9.17, 15) is 13.6 Å². The van der Waals surface area contributed by atoms with E-state index in [0.29, 0.717) is 25.2 Å². The summed E-state index contributed by atoms with van der Waals surface area (Å²) in [6, 6.07) is 3.58. The highest BCUT2D eigenvalue weighted by molar-refractivity contribution is 5.71. The molecule has 4 nitrogen and oxygen atoms in total. The molecule has 0 aromatic heterocycles. The monoisotopic (exact) mass is 285 g/mol. The van der Waals surface area contributed by atoms with E-state index in [4.69, 9.17) is 9.47 Å². The number of benzene rings is 1. The van der Waals surface area contributed by atoms with Gasteiger partial charge in [0.25, 0.3) is 0 Å². The van der Waals surface area contributed by atoms with Gasteiger partial charge in [-0.05, 0) is 31.0 Å². The molecule has 0 saturated carbocycles. The molecule has 110 valence electrons. The molecule has 0 bridgehead atoms. The molecule has 20 heavy (non-hydrogen) atoms. The van der Waals surface area contributed by atoms with Gasteiger partial charge in [0.15, 0.2) is 11.6 Å². The quantitative estimate of drug-likeness (QED) is 0.840. The highest BCUT2D eigenvalue weighted by Gasteiger charge is 2.30. The largest absolute Gasteiger partial charge is 0.465 e. The predicted octanol–water partition coefficient (Wildman–Crippen LogP) is 1.95. The first-order chi connectivity index (χ1) is 9.61. The number of carbonyl (C=O) groups excluding carboxylic acids is 1. The van der Waals surface area contributed by atoms with Crippen molar-refractivity contribution in [1.29, 1.82) is 0 Å². The van der Waals surface area contributed by atoms with Crippen LogP contribution in [0.15, 0.2) is 18.2 Å². The van der Waals surface area contributed by atoms with E-state index in [-0.39, 0.29) is 24.7 Å². The normalized spacial score (nSPS) is 21.9. The molecule has 0 amide bonds. The van der Waals surface area contributed by atoms with Crippen molar-refractivity contribution in [3.63, 3.8) is 0 Å². The average molecular weight is 285 g/mol. The molecule has 2 rings (SSSR count). The van der Waals surface area contributed by atoms with Crippen molar-refractivity contribution in [2.75, 3.05) is 19.8 Å². The summed E-state index contributed by atoms with van der Waals surface area (Å²) in [4.78, 5) is 11.3. The summed E-state index contributed by atoms with van der Waals surface area (Å²) in [6.07, 6.45) is 0.308. The van der Waals surface area contributed by atoms with Crippen LogP contribution in [0.1, 0.15) is 25.0 Å². The molecule has 0 radical (unpaired) electrons. The van der Waals surface area contributed by atoms with Crippen molar-refractivity contribution in [2.24, 2.45) is 0 Å². The first-order valence-corrected chi connectivity index (χ1v) is 6.57. The fraction of sp³-hybridized carbons (Fsp3) is 0.500. The van der Waals surface area contributed by atoms with Gasteiger partial charge in [0.2, 0.25) is 0 Å². The molecule has 2 atom stereocenters. The summed E-state index contributed by atoms with van der Waals surface area (Å²) >= 11 is 0. The minimum Gasteiger partial charge on any atom is -0.465 e. The number of rotatable bonds is 5. The number of esters is 1. The Balaban J connectivity index is 1.99. The van der Waals surface area contributed by atoms with Crippen LogP contribution in [0, 0.1) is 11.6 Å². The number of halogens is 2. The molecule has 0 aliphatic carbocycles. The van der Waals surface area contributed by atoms with Crippen molar-refractivity contribution in [1.82, 2.24) is 5.32 Å². The Hall–Kier alpha value is -1.53. The van der Waals surface area contributed by atoms with Gasteiger partial charge in [-0.1, -0.05) is 6.07 Å². The third kappa shape index (κ3) is 3.52. The van der Waals surface area contributed by atoms with E-state index in [0.717, 1.165) is 12.1 Å². The highest BCUT2D eigenvalue weighted by atomic mass is 19.2. The Morgan fingerprint density at radius 1 is 1.45 bits per heavy atom. The van der Waals surface area contributed by atoms with Crippen molar-refractivity contribution in [2.45, 2.75) is 25.5 Å². The molecule has 0 spiro atoms. The zero-order chi connectivity index (χ0) is 14.5. The van der Waals surface area contributed by atoms with Crippen LogP contribution in [-0.2, 0) is 14.3 Å². The zero-order valence-electron chi connectivity index (χ0n) is 11.2. The Kier molecular flexibility index (Phi) is 5.03. The van der Waals surface area contributed by atoms with Crippen molar-refractivity contribution < 1.29 is 23.0 Å². The van der Waals surface area contributed by atoms with Crippen molar-refractivity contribution >= 4 is 5.97 Å². The van der Waals surface area contributed by atoms with Crippen LogP contribution in [0.2, 0.25) is 0 Å². The maximum absolute atomic E-state index is 13.2. The van der Waals surface area contributed by atoms with Gasteiger partial charge in [0, 0.05) is 12.6 Å². The number of hydrogen-bond donors (Lipinski definition) is 1. The summed E-state index contributed by atoms with van der Waals surface area (Å²) in [7, 11) is 0. The maximum Gasteiger partial charge on any atom is 0.319 e. The van der Waals surface area contributed by atoms with Crippen LogP contribution in [0.3, 0.4) is 0 Å². The molecule has 0 unspecified atom stereocenters. The van der Waals surface area contributed by atoms with E-state index in [1.165, 1.54) is 6.07 Å². The molecule has 1 aliphatic heterocycles. The second-order valence-corrected chi connectivity index (χ2v) is 4.55. The Labute approximate surface area is 116 Å². The molecular formula is C14H17F2NO3. The summed E-state index contributed by atoms with van der Waals surface area (Å²) in [5, 5.41) is 3.03. The molecule has 1 N–H and O–H groups in total. The van der Waals surface area contributed by atoms with Crippen LogP contribution in [0.5, 0.6) is 0 Å². The van der Waals surface area contributed by atoms with E-state index in [1.54, 1.807) is 6.92 Å². The topological polar surface area (TPSA) is 47.6 Å². The fourth-order valence-corrected chi connectivity index (χ4v) is 2.24. The highest BCUT2D eigenvalue weighted by Crippen LogP contribution is 2.29. The van der Waals surface area contributed by atoms with Gasteiger partial charge >= 0.3 is 5.97 Å². The molecule has 6 heteroatoms. The van der Waals surface area contributed by atoms with Crippen LogP contribution in [-0.4, -0.2) is 31.8 Å². The first-order valence-electron chi connectivity index (χ1n) is 6.57. The summed E-state index contributed by atoms with van der Waals surface area (Å²) in [5.41, 5.74) is 0.558. The van der Waals surface area contributed by atoms with Gasteiger partial charge in [-0.15, -0.1) is 0 Å². The lowest BCUT2D eigenvalue weighted by Crippen LogP contribution is -2.36. The first kappa shape index (κ1) is 14.9. The SMILES string of the molecule is CCOC(=O)CN[C@@H]1CCO[C@H]1c1ccc(F)c(F)c1. The van der Waals surface area contributed by atoms with E-state index in [2.05, 4.69) is 5.32 Å². The lowest BCUT2D eigenvalue weighted by molar-refractivity contribution is -0.142. The van der Waals surface area contributed by atoms with Crippen molar-refractivity contribution in [3.05, 3.63) is 35.4 Å². The van der Waals surface area contributed by atoms with Crippen LogP contribution >= 0.6 is 0 Å². The van der Waals surface area contributed by atoms with Gasteiger partial charge in [0.1, 0.15) is 0 Å². The molecule has 1 aromatic rings. The molecule has 1 saturated heterocycles. The van der Waals surface area contributed by atoms with Gasteiger partial charge < -0.3 is 14.8 Å². The van der Waals surface area contributed by atoms with E-state index in [1.807, 2.05) is 0 Å².